The van der Waals surface area contributed by atoms with Crippen LogP contribution in [0.25, 0.3) is 0 Å². The third kappa shape index (κ3) is 3.62. The molecule has 1 aliphatic rings. The van der Waals surface area contributed by atoms with Gasteiger partial charge in [0.2, 0.25) is 0 Å². The molecular weight excluding hydrogens is 318 g/mol. The van der Waals surface area contributed by atoms with Crippen molar-refractivity contribution in [2.75, 3.05) is 13.2 Å². The summed E-state index contributed by atoms with van der Waals surface area (Å²) in [5, 5.41) is 0. The lowest BCUT2D eigenvalue weighted by molar-refractivity contribution is -0.147. The lowest BCUT2D eigenvalue weighted by Crippen LogP contribution is -2.41. The Hall–Kier alpha value is -2.12. The number of amides is 1. The van der Waals surface area contributed by atoms with Crippen molar-refractivity contribution in [2.24, 2.45) is 0 Å². The van der Waals surface area contributed by atoms with Crippen molar-refractivity contribution in [1.82, 2.24) is 4.90 Å². The SMILES string of the molecule is CCOC(=O)C1CCCN1C(=O)c1ccc(C(F)(F)F)c(F)c1. The Morgan fingerprint density at radius 2 is 2.04 bits per heavy atom. The molecule has 1 atom stereocenters. The molecule has 0 bridgehead atoms. The number of nitrogens with zero attached hydrogens (tertiary/aromatic N) is 1. The van der Waals surface area contributed by atoms with Crippen LogP contribution in [0.5, 0.6) is 0 Å². The summed E-state index contributed by atoms with van der Waals surface area (Å²) >= 11 is 0. The zero-order valence-electron chi connectivity index (χ0n) is 12.3. The Labute approximate surface area is 130 Å². The van der Waals surface area contributed by atoms with E-state index in [1.807, 2.05) is 0 Å². The number of esters is 1. The molecule has 0 spiro atoms. The molecule has 0 aromatic heterocycles. The van der Waals surface area contributed by atoms with Crippen molar-refractivity contribution in [3.8, 4) is 0 Å². The number of carbonyl (C=O) groups excluding carboxylic acids is 2. The molecule has 8 heteroatoms. The summed E-state index contributed by atoms with van der Waals surface area (Å²) in [5.41, 5.74) is -1.66. The van der Waals surface area contributed by atoms with Crippen molar-refractivity contribution in [2.45, 2.75) is 32.0 Å². The monoisotopic (exact) mass is 333 g/mol. The van der Waals surface area contributed by atoms with Gasteiger partial charge in [-0.1, -0.05) is 0 Å². The maximum atomic E-state index is 13.6. The fraction of sp³-hybridized carbons (Fsp3) is 0.467. The number of ether oxygens (including phenoxy) is 1. The minimum Gasteiger partial charge on any atom is -0.464 e. The molecule has 2 rings (SSSR count). The third-order valence-corrected chi connectivity index (χ3v) is 3.59. The van der Waals surface area contributed by atoms with Crippen LogP contribution in [0.4, 0.5) is 17.6 Å². The zero-order valence-corrected chi connectivity index (χ0v) is 12.3. The summed E-state index contributed by atoms with van der Waals surface area (Å²) in [6, 6.07) is 1.20. The van der Waals surface area contributed by atoms with Crippen LogP contribution in [-0.4, -0.2) is 36.0 Å². The van der Waals surface area contributed by atoms with Gasteiger partial charge in [0.15, 0.2) is 0 Å². The summed E-state index contributed by atoms with van der Waals surface area (Å²) < 4.78 is 56.1. The molecule has 1 fully saturated rings. The van der Waals surface area contributed by atoms with Gasteiger partial charge in [-0.2, -0.15) is 13.2 Å². The number of hydrogen-bond donors (Lipinski definition) is 0. The highest BCUT2D eigenvalue weighted by Gasteiger charge is 2.37. The first-order valence-corrected chi connectivity index (χ1v) is 7.10. The summed E-state index contributed by atoms with van der Waals surface area (Å²) in [5.74, 6) is -2.77. The third-order valence-electron chi connectivity index (χ3n) is 3.59. The maximum Gasteiger partial charge on any atom is 0.419 e. The molecule has 1 unspecified atom stereocenters. The molecule has 1 aromatic rings. The Balaban J connectivity index is 2.23. The molecule has 1 saturated heterocycles. The highest BCUT2D eigenvalue weighted by Crippen LogP contribution is 2.32. The van der Waals surface area contributed by atoms with E-state index < -0.39 is 35.5 Å². The number of rotatable bonds is 3. The van der Waals surface area contributed by atoms with Crippen LogP contribution in [0.1, 0.15) is 35.7 Å². The molecule has 0 saturated carbocycles. The van der Waals surface area contributed by atoms with Crippen molar-refractivity contribution in [1.29, 1.82) is 0 Å². The van der Waals surface area contributed by atoms with Gasteiger partial charge in [-0.3, -0.25) is 4.79 Å². The summed E-state index contributed by atoms with van der Waals surface area (Å²) in [4.78, 5) is 25.4. The molecule has 1 heterocycles. The molecule has 0 N–H and O–H groups in total. The Bertz CT molecular complexity index is 615. The average molecular weight is 333 g/mol. The minimum absolute atomic E-state index is 0.159. The van der Waals surface area contributed by atoms with Crippen LogP contribution in [0, 0.1) is 5.82 Å². The van der Waals surface area contributed by atoms with Crippen LogP contribution in [0.2, 0.25) is 0 Å². The Morgan fingerprint density at radius 1 is 1.35 bits per heavy atom. The van der Waals surface area contributed by atoms with Crippen molar-refractivity contribution in [3.63, 3.8) is 0 Å². The highest BCUT2D eigenvalue weighted by molar-refractivity contribution is 5.97. The van der Waals surface area contributed by atoms with E-state index in [-0.39, 0.29) is 18.7 Å². The molecule has 4 nitrogen and oxygen atoms in total. The van der Waals surface area contributed by atoms with Gasteiger partial charge < -0.3 is 9.64 Å². The van der Waals surface area contributed by atoms with Gasteiger partial charge in [0, 0.05) is 12.1 Å². The predicted octanol–water partition coefficient (Wildman–Crippen LogP) is 3.01. The van der Waals surface area contributed by atoms with Crippen LogP contribution in [0.15, 0.2) is 18.2 Å². The number of benzene rings is 1. The van der Waals surface area contributed by atoms with E-state index in [9.17, 15) is 27.2 Å². The van der Waals surface area contributed by atoms with E-state index in [2.05, 4.69) is 0 Å². The fourth-order valence-corrected chi connectivity index (χ4v) is 2.54. The van der Waals surface area contributed by atoms with Gasteiger partial charge in [0.1, 0.15) is 11.9 Å². The second-order valence-electron chi connectivity index (χ2n) is 5.10. The molecule has 0 radical (unpaired) electrons. The molecule has 1 aliphatic heterocycles. The van der Waals surface area contributed by atoms with Crippen molar-refractivity contribution < 1.29 is 31.9 Å². The number of alkyl halides is 3. The van der Waals surface area contributed by atoms with Crippen LogP contribution in [-0.2, 0) is 15.7 Å². The first-order valence-electron chi connectivity index (χ1n) is 7.10. The normalized spacial score (nSPS) is 18.1. The summed E-state index contributed by atoms with van der Waals surface area (Å²) in [6.45, 7) is 2.06. The standard InChI is InChI=1S/C15H15F4NO3/c1-2-23-14(22)12-4-3-7-20(12)13(21)9-5-6-10(11(16)8-9)15(17,18)19/h5-6,8,12H,2-4,7H2,1H3. The molecule has 0 aliphatic carbocycles. The maximum absolute atomic E-state index is 13.6. The topological polar surface area (TPSA) is 46.6 Å². The van der Waals surface area contributed by atoms with Gasteiger partial charge in [-0.05, 0) is 38.0 Å². The molecule has 1 aromatic carbocycles. The number of carbonyl (C=O) groups is 2. The lowest BCUT2D eigenvalue weighted by atomic mass is 10.1. The fourth-order valence-electron chi connectivity index (χ4n) is 2.54. The van der Waals surface area contributed by atoms with E-state index in [0.29, 0.717) is 25.0 Å². The Kier molecular flexibility index (Phi) is 4.91. The second kappa shape index (κ2) is 6.55. The van der Waals surface area contributed by atoms with Gasteiger partial charge in [0.25, 0.3) is 5.91 Å². The average Bonchev–Trinajstić information content (AvgIpc) is 2.94. The van der Waals surface area contributed by atoms with Crippen LogP contribution < -0.4 is 0 Å². The van der Waals surface area contributed by atoms with Gasteiger partial charge in [0.05, 0.1) is 12.2 Å². The predicted molar refractivity (Wildman–Crippen MR) is 72.1 cm³/mol. The summed E-state index contributed by atoms with van der Waals surface area (Å²) in [7, 11) is 0. The molecular formula is C15H15F4NO3. The first-order chi connectivity index (χ1) is 10.8. The van der Waals surface area contributed by atoms with E-state index >= 15 is 0 Å². The van der Waals surface area contributed by atoms with Gasteiger partial charge in [-0.25, -0.2) is 9.18 Å². The summed E-state index contributed by atoms with van der Waals surface area (Å²) in [6.07, 6.45) is -3.85. The molecule has 1 amide bonds. The van der Waals surface area contributed by atoms with Gasteiger partial charge >= 0.3 is 12.1 Å². The van der Waals surface area contributed by atoms with Crippen molar-refractivity contribution >= 4 is 11.9 Å². The molecule has 23 heavy (non-hydrogen) atoms. The largest absolute Gasteiger partial charge is 0.464 e. The highest BCUT2D eigenvalue weighted by atomic mass is 19.4. The lowest BCUT2D eigenvalue weighted by Gasteiger charge is -2.23. The first kappa shape index (κ1) is 17.2. The second-order valence-corrected chi connectivity index (χ2v) is 5.10. The van der Waals surface area contributed by atoms with Gasteiger partial charge in [-0.15, -0.1) is 0 Å². The van der Waals surface area contributed by atoms with E-state index in [4.69, 9.17) is 4.74 Å². The van der Waals surface area contributed by atoms with Crippen LogP contribution >= 0.6 is 0 Å². The number of halogens is 4. The molecule has 126 valence electrons. The zero-order chi connectivity index (χ0) is 17.2. The van der Waals surface area contributed by atoms with Crippen molar-refractivity contribution in [3.05, 3.63) is 35.1 Å². The number of hydrogen-bond acceptors (Lipinski definition) is 3. The van der Waals surface area contributed by atoms with Crippen LogP contribution in [0.3, 0.4) is 0 Å². The Morgan fingerprint density at radius 3 is 2.61 bits per heavy atom. The van der Waals surface area contributed by atoms with E-state index in [0.717, 1.165) is 6.07 Å². The van der Waals surface area contributed by atoms with E-state index in [1.165, 1.54) is 4.90 Å². The quantitative estimate of drug-likeness (QED) is 0.631. The number of likely N-dealkylation sites (tertiary alicyclic amines) is 1. The van der Waals surface area contributed by atoms with E-state index in [1.54, 1.807) is 6.92 Å². The smallest absolute Gasteiger partial charge is 0.419 e. The minimum atomic E-state index is -4.83.